The Hall–Kier alpha value is -0.920. The first-order chi connectivity index (χ1) is 8.22. The summed E-state index contributed by atoms with van der Waals surface area (Å²) in [4.78, 5) is 11.9. The number of rotatable bonds is 6. The molecule has 1 aromatic heterocycles. The van der Waals surface area contributed by atoms with Crippen molar-refractivity contribution in [2.45, 2.75) is 37.4 Å². The minimum atomic E-state index is -3.74. The Bertz CT molecular complexity index is 519. The van der Waals surface area contributed by atoms with E-state index in [2.05, 4.69) is 4.72 Å². The Labute approximate surface area is 111 Å². The number of nitrogens with one attached hydrogen (secondary N) is 1. The van der Waals surface area contributed by atoms with E-state index in [0.717, 1.165) is 16.2 Å². The number of sulfonamides is 1. The molecule has 1 heterocycles. The molecule has 0 spiro atoms. The van der Waals surface area contributed by atoms with Crippen LogP contribution in [-0.4, -0.2) is 25.5 Å². The van der Waals surface area contributed by atoms with Crippen molar-refractivity contribution >= 4 is 27.3 Å². The summed E-state index contributed by atoms with van der Waals surface area (Å²) < 4.78 is 26.3. The molecule has 102 valence electrons. The molecule has 0 bridgehead atoms. The lowest BCUT2D eigenvalue weighted by atomic mass is 10.1. The highest BCUT2D eigenvalue weighted by Gasteiger charge is 2.26. The van der Waals surface area contributed by atoms with Crippen LogP contribution in [0.25, 0.3) is 0 Å². The molecule has 0 radical (unpaired) electrons. The molecule has 7 heteroatoms. The summed E-state index contributed by atoms with van der Waals surface area (Å²) in [6, 6.07) is 2.09. The molecular formula is C11H17NO4S2. The van der Waals surface area contributed by atoms with Crippen molar-refractivity contribution in [3.8, 4) is 0 Å². The average Bonchev–Trinajstić information content (AvgIpc) is 2.63. The van der Waals surface area contributed by atoms with Gasteiger partial charge in [-0.1, -0.05) is 13.8 Å². The Morgan fingerprint density at radius 3 is 2.44 bits per heavy atom. The second-order valence-electron chi connectivity index (χ2n) is 4.51. The Kier molecular flexibility index (Phi) is 4.89. The van der Waals surface area contributed by atoms with Crippen LogP contribution in [0.15, 0.2) is 16.3 Å². The van der Waals surface area contributed by atoms with Crippen molar-refractivity contribution in [3.63, 3.8) is 0 Å². The second-order valence-corrected chi connectivity index (χ2v) is 7.74. The lowest BCUT2D eigenvalue weighted by Gasteiger charge is -2.15. The van der Waals surface area contributed by atoms with Gasteiger partial charge in [0.1, 0.15) is 10.3 Å². The van der Waals surface area contributed by atoms with Crippen LogP contribution in [0.3, 0.4) is 0 Å². The average molecular weight is 291 g/mol. The maximum Gasteiger partial charge on any atom is 0.321 e. The van der Waals surface area contributed by atoms with Gasteiger partial charge in [-0.25, -0.2) is 8.42 Å². The minimum absolute atomic E-state index is 0.0962. The van der Waals surface area contributed by atoms with Gasteiger partial charge in [-0.3, -0.25) is 4.79 Å². The normalized spacial score (nSPS) is 13.8. The number of carboxylic acids is 1. The highest BCUT2D eigenvalue weighted by Crippen LogP contribution is 2.21. The van der Waals surface area contributed by atoms with Crippen LogP contribution >= 0.6 is 11.3 Å². The largest absolute Gasteiger partial charge is 0.480 e. The van der Waals surface area contributed by atoms with Crippen molar-refractivity contribution in [2.24, 2.45) is 5.92 Å². The van der Waals surface area contributed by atoms with Gasteiger partial charge in [0, 0.05) is 4.88 Å². The lowest BCUT2D eigenvalue weighted by molar-refractivity contribution is -0.139. The number of hydrogen-bond acceptors (Lipinski definition) is 4. The van der Waals surface area contributed by atoms with Crippen molar-refractivity contribution in [2.75, 3.05) is 0 Å². The van der Waals surface area contributed by atoms with Crippen LogP contribution in [-0.2, 0) is 14.8 Å². The quantitative estimate of drug-likeness (QED) is 0.837. The first-order valence-corrected chi connectivity index (χ1v) is 7.84. The molecule has 18 heavy (non-hydrogen) atoms. The van der Waals surface area contributed by atoms with Gasteiger partial charge in [-0.15, -0.1) is 11.3 Å². The standard InChI is InChI=1S/C11H17NO4S2/c1-7(2)6-9(11(13)14)12-18(15,16)10-5-4-8(3)17-10/h4-5,7,9,12H,6H2,1-3H3,(H,13,14)/t9-/m1/s1. The predicted molar refractivity (Wildman–Crippen MR) is 70.3 cm³/mol. The topological polar surface area (TPSA) is 83.5 Å². The highest BCUT2D eigenvalue weighted by atomic mass is 32.2. The van der Waals surface area contributed by atoms with E-state index >= 15 is 0 Å². The SMILES string of the molecule is Cc1ccc(S(=O)(=O)N[C@H](CC(C)C)C(=O)O)s1. The van der Waals surface area contributed by atoms with Crippen LogP contribution in [0, 0.1) is 12.8 Å². The molecule has 0 aliphatic rings. The van der Waals surface area contributed by atoms with E-state index in [4.69, 9.17) is 5.11 Å². The zero-order chi connectivity index (χ0) is 13.9. The Balaban J connectivity index is 2.89. The maximum absolute atomic E-state index is 12.0. The number of aliphatic carboxylic acids is 1. The molecule has 2 N–H and O–H groups in total. The van der Waals surface area contributed by atoms with E-state index in [9.17, 15) is 13.2 Å². The van der Waals surface area contributed by atoms with Crippen molar-refractivity contribution in [3.05, 3.63) is 17.0 Å². The van der Waals surface area contributed by atoms with Crippen LogP contribution in [0.4, 0.5) is 0 Å². The fourth-order valence-electron chi connectivity index (χ4n) is 1.47. The summed E-state index contributed by atoms with van der Waals surface area (Å²) >= 11 is 1.12. The molecule has 0 aliphatic carbocycles. The summed E-state index contributed by atoms with van der Waals surface area (Å²) in [7, 11) is -3.74. The summed E-state index contributed by atoms with van der Waals surface area (Å²) in [5, 5.41) is 9.01. The van der Waals surface area contributed by atoms with E-state index in [-0.39, 0.29) is 16.5 Å². The molecule has 0 aliphatic heterocycles. The molecule has 0 fully saturated rings. The number of carbonyl (C=O) groups is 1. The van der Waals surface area contributed by atoms with Crippen LogP contribution in [0.1, 0.15) is 25.1 Å². The third-order valence-corrected chi connectivity index (χ3v) is 5.25. The van der Waals surface area contributed by atoms with Gasteiger partial charge in [0.25, 0.3) is 10.0 Å². The minimum Gasteiger partial charge on any atom is -0.480 e. The molecule has 1 aromatic rings. The molecule has 5 nitrogen and oxygen atoms in total. The number of carboxylic acid groups (broad SMARTS) is 1. The first kappa shape index (κ1) is 15.1. The van der Waals surface area contributed by atoms with Gasteiger partial charge in [0.05, 0.1) is 0 Å². The van der Waals surface area contributed by atoms with Gasteiger partial charge in [-0.2, -0.15) is 4.72 Å². The Morgan fingerprint density at radius 2 is 2.06 bits per heavy atom. The highest BCUT2D eigenvalue weighted by molar-refractivity contribution is 7.91. The molecule has 0 saturated heterocycles. The van der Waals surface area contributed by atoms with Gasteiger partial charge < -0.3 is 5.11 Å². The summed E-state index contributed by atoms with van der Waals surface area (Å²) in [5.74, 6) is -1.06. The molecule has 1 atom stereocenters. The van der Waals surface area contributed by atoms with Gasteiger partial charge in [-0.05, 0) is 31.4 Å². The van der Waals surface area contributed by atoms with E-state index in [1.54, 1.807) is 13.0 Å². The fraction of sp³-hybridized carbons (Fsp3) is 0.545. The van der Waals surface area contributed by atoms with Crippen molar-refractivity contribution in [1.82, 2.24) is 4.72 Å². The van der Waals surface area contributed by atoms with Crippen LogP contribution < -0.4 is 4.72 Å². The van der Waals surface area contributed by atoms with Crippen molar-refractivity contribution < 1.29 is 18.3 Å². The molecule has 0 saturated carbocycles. The third-order valence-electron chi connectivity index (χ3n) is 2.28. The molecular weight excluding hydrogens is 274 g/mol. The maximum atomic E-state index is 12.0. The van der Waals surface area contributed by atoms with Crippen LogP contribution in [0.5, 0.6) is 0 Å². The monoisotopic (exact) mass is 291 g/mol. The smallest absolute Gasteiger partial charge is 0.321 e. The van der Waals surface area contributed by atoms with E-state index in [0.29, 0.717) is 0 Å². The first-order valence-electron chi connectivity index (χ1n) is 5.54. The summed E-state index contributed by atoms with van der Waals surface area (Å²) in [6.07, 6.45) is 0.263. The zero-order valence-corrected chi connectivity index (χ0v) is 12.1. The van der Waals surface area contributed by atoms with Gasteiger partial charge in [0.2, 0.25) is 0 Å². The molecule has 0 unspecified atom stereocenters. The predicted octanol–water partition coefficient (Wildman–Crippen LogP) is 1.83. The van der Waals surface area contributed by atoms with E-state index < -0.39 is 22.0 Å². The van der Waals surface area contributed by atoms with E-state index in [1.807, 2.05) is 13.8 Å². The molecule has 0 amide bonds. The number of hydrogen-bond donors (Lipinski definition) is 2. The third kappa shape index (κ3) is 4.08. The number of thiophene rings is 1. The summed E-state index contributed by atoms with van der Waals surface area (Å²) in [6.45, 7) is 5.49. The van der Waals surface area contributed by atoms with Crippen molar-refractivity contribution in [1.29, 1.82) is 0 Å². The van der Waals surface area contributed by atoms with Gasteiger partial charge in [0.15, 0.2) is 0 Å². The molecule has 1 rings (SSSR count). The zero-order valence-electron chi connectivity index (χ0n) is 10.5. The second kappa shape index (κ2) is 5.81. The fourth-order valence-corrected chi connectivity index (χ4v) is 3.97. The molecule has 0 aromatic carbocycles. The summed E-state index contributed by atoms with van der Waals surface area (Å²) in [5.41, 5.74) is 0. The van der Waals surface area contributed by atoms with E-state index in [1.165, 1.54) is 6.07 Å². The van der Waals surface area contributed by atoms with Gasteiger partial charge >= 0.3 is 5.97 Å². The Morgan fingerprint density at radius 1 is 1.44 bits per heavy atom. The number of aryl methyl sites for hydroxylation is 1. The van der Waals surface area contributed by atoms with Crippen LogP contribution in [0.2, 0.25) is 0 Å². The lowest BCUT2D eigenvalue weighted by Crippen LogP contribution is -2.41.